The summed E-state index contributed by atoms with van der Waals surface area (Å²) in [5.74, 6) is 0.128. The van der Waals surface area contributed by atoms with E-state index < -0.39 is 6.03 Å². The highest BCUT2D eigenvalue weighted by Gasteiger charge is 2.19. The summed E-state index contributed by atoms with van der Waals surface area (Å²) in [6.07, 6.45) is 3.39. The van der Waals surface area contributed by atoms with Gasteiger partial charge in [-0.15, -0.1) is 0 Å². The van der Waals surface area contributed by atoms with Crippen molar-refractivity contribution in [2.45, 2.75) is 26.9 Å². The lowest BCUT2D eigenvalue weighted by atomic mass is 10.2. The van der Waals surface area contributed by atoms with Gasteiger partial charge in [-0.1, -0.05) is 0 Å². The van der Waals surface area contributed by atoms with Crippen LogP contribution in [0.25, 0.3) is 0 Å². The number of rotatable bonds is 5. The molecule has 2 N–H and O–H groups in total. The van der Waals surface area contributed by atoms with E-state index in [4.69, 9.17) is 5.73 Å². The second kappa shape index (κ2) is 8.79. The number of aryl methyl sites for hydroxylation is 1. The number of urea groups is 1. The van der Waals surface area contributed by atoms with Gasteiger partial charge in [-0.2, -0.15) is 0 Å². The second-order valence-corrected chi connectivity index (χ2v) is 7.02. The SMILES string of the molecule is CC(=O)N1CCN(Cc2ccnc(CN(C(N)=O)c3ccc(C)nc3)c2)CC1. The molecule has 1 aliphatic heterocycles. The first-order valence-electron chi connectivity index (χ1n) is 9.33. The van der Waals surface area contributed by atoms with Crippen molar-refractivity contribution in [3.8, 4) is 0 Å². The number of anilines is 1. The zero-order valence-electron chi connectivity index (χ0n) is 16.3. The van der Waals surface area contributed by atoms with Crippen molar-refractivity contribution in [3.63, 3.8) is 0 Å². The van der Waals surface area contributed by atoms with Crippen molar-refractivity contribution < 1.29 is 9.59 Å². The van der Waals surface area contributed by atoms with E-state index in [1.807, 2.05) is 36.1 Å². The van der Waals surface area contributed by atoms with Crippen LogP contribution in [0.2, 0.25) is 0 Å². The van der Waals surface area contributed by atoms with Gasteiger partial charge in [-0.3, -0.25) is 24.6 Å². The van der Waals surface area contributed by atoms with E-state index >= 15 is 0 Å². The molecule has 3 rings (SSSR count). The molecule has 1 saturated heterocycles. The number of aromatic nitrogens is 2. The van der Waals surface area contributed by atoms with Crippen molar-refractivity contribution in [2.75, 3.05) is 31.1 Å². The van der Waals surface area contributed by atoms with Gasteiger partial charge in [0.05, 0.1) is 24.1 Å². The van der Waals surface area contributed by atoms with Crippen LogP contribution < -0.4 is 10.6 Å². The van der Waals surface area contributed by atoms with Gasteiger partial charge in [0.25, 0.3) is 0 Å². The summed E-state index contributed by atoms with van der Waals surface area (Å²) in [6, 6.07) is 7.09. The molecule has 8 heteroatoms. The molecule has 3 heterocycles. The average Bonchev–Trinajstić information content (AvgIpc) is 2.67. The molecule has 0 atom stereocenters. The number of carbonyl (C=O) groups excluding carboxylic acids is 2. The van der Waals surface area contributed by atoms with E-state index in [0.717, 1.165) is 49.7 Å². The van der Waals surface area contributed by atoms with Gasteiger partial charge >= 0.3 is 6.03 Å². The monoisotopic (exact) mass is 382 g/mol. The van der Waals surface area contributed by atoms with Crippen molar-refractivity contribution in [2.24, 2.45) is 5.73 Å². The summed E-state index contributed by atoms with van der Waals surface area (Å²) in [6.45, 7) is 7.76. The number of hydrogen-bond acceptors (Lipinski definition) is 5. The number of piperazine rings is 1. The third-order valence-corrected chi connectivity index (χ3v) is 4.90. The van der Waals surface area contributed by atoms with Crippen LogP contribution in [0.3, 0.4) is 0 Å². The maximum absolute atomic E-state index is 11.9. The lowest BCUT2D eigenvalue weighted by molar-refractivity contribution is -0.130. The van der Waals surface area contributed by atoms with Gasteiger partial charge in [0, 0.05) is 51.5 Å². The third kappa shape index (κ3) is 5.04. The molecule has 28 heavy (non-hydrogen) atoms. The predicted molar refractivity (Wildman–Crippen MR) is 107 cm³/mol. The lowest BCUT2D eigenvalue weighted by Gasteiger charge is -2.34. The van der Waals surface area contributed by atoms with Gasteiger partial charge in [0.2, 0.25) is 5.91 Å². The topological polar surface area (TPSA) is 95.7 Å². The van der Waals surface area contributed by atoms with E-state index in [-0.39, 0.29) is 12.5 Å². The van der Waals surface area contributed by atoms with Crippen molar-refractivity contribution in [3.05, 3.63) is 53.6 Å². The zero-order chi connectivity index (χ0) is 20.1. The minimum absolute atomic E-state index is 0.128. The fraction of sp³-hybridized carbons (Fsp3) is 0.400. The first kappa shape index (κ1) is 19.8. The summed E-state index contributed by atoms with van der Waals surface area (Å²) in [7, 11) is 0. The Hall–Kier alpha value is -3.00. The molecule has 148 valence electrons. The zero-order valence-corrected chi connectivity index (χ0v) is 16.3. The normalized spacial score (nSPS) is 14.7. The van der Waals surface area contributed by atoms with E-state index in [9.17, 15) is 9.59 Å². The summed E-state index contributed by atoms with van der Waals surface area (Å²) in [4.78, 5) is 37.7. The summed E-state index contributed by atoms with van der Waals surface area (Å²) < 4.78 is 0. The molecule has 8 nitrogen and oxygen atoms in total. The minimum atomic E-state index is -0.543. The van der Waals surface area contributed by atoms with Crippen LogP contribution in [-0.4, -0.2) is 57.9 Å². The first-order chi connectivity index (χ1) is 13.4. The first-order valence-corrected chi connectivity index (χ1v) is 9.33. The average molecular weight is 382 g/mol. The molecule has 2 aromatic heterocycles. The Bertz CT molecular complexity index is 831. The Balaban J connectivity index is 1.66. The largest absolute Gasteiger partial charge is 0.351 e. The highest BCUT2D eigenvalue weighted by molar-refractivity contribution is 5.90. The number of nitrogens with zero attached hydrogens (tertiary/aromatic N) is 5. The van der Waals surface area contributed by atoms with Gasteiger partial charge in [0.1, 0.15) is 0 Å². The number of hydrogen-bond donors (Lipinski definition) is 1. The van der Waals surface area contributed by atoms with Gasteiger partial charge in [0.15, 0.2) is 0 Å². The standard InChI is InChI=1S/C20H26N6O2/c1-15-3-4-19(12-23-15)26(20(21)28)14-18-11-17(5-6-22-18)13-24-7-9-25(10-8-24)16(2)27/h3-6,11-12H,7-10,13-14H2,1-2H3,(H2,21,28). The molecule has 0 spiro atoms. The molecule has 0 saturated carbocycles. The van der Waals surface area contributed by atoms with Crippen molar-refractivity contribution in [1.82, 2.24) is 19.8 Å². The molecule has 3 amide bonds. The van der Waals surface area contributed by atoms with Crippen molar-refractivity contribution in [1.29, 1.82) is 0 Å². The summed E-state index contributed by atoms with van der Waals surface area (Å²) >= 11 is 0. The van der Waals surface area contributed by atoms with Crippen molar-refractivity contribution >= 4 is 17.6 Å². The highest BCUT2D eigenvalue weighted by atomic mass is 16.2. The van der Waals surface area contributed by atoms with Gasteiger partial charge < -0.3 is 10.6 Å². The third-order valence-electron chi connectivity index (χ3n) is 4.90. The Morgan fingerprint density at radius 2 is 1.89 bits per heavy atom. The molecule has 1 fully saturated rings. The van der Waals surface area contributed by atoms with Crippen LogP contribution in [0.1, 0.15) is 23.9 Å². The van der Waals surface area contributed by atoms with Crippen LogP contribution in [-0.2, 0) is 17.9 Å². The second-order valence-electron chi connectivity index (χ2n) is 7.02. The number of primary amides is 1. The van der Waals surface area contributed by atoms with Crippen LogP contribution in [0.5, 0.6) is 0 Å². The molecule has 0 aromatic carbocycles. The van der Waals surface area contributed by atoms with E-state index in [0.29, 0.717) is 5.69 Å². The molecule has 2 aromatic rings. The predicted octanol–water partition coefficient (Wildman–Crippen LogP) is 1.53. The Kier molecular flexibility index (Phi) is 6.20. The van der Waals surface area contributed by atoms with Gasteiger partial charge in [-0.05, 0) is 36.8 Å². The van der Waals surface area contributed by atoms with Crippen LogP contribution >= 0.6 is 0 Å². The fourth-order valence-corrected chi connectivity index (χ4v) is 3.27. The fourth-order valence-electron chi connectivity index (χ4n) is 3.27. The Morgan fingerprint density at radius 1 is 1.14 bits per heavy atom. The Labute approximate surface area is 165 Å². The number of carbonyl (C=O) groups is 2. The van der Waals surface area contributed by atoms with Crippen LogP contribution in [0, 0.1) is 6.92 Å². The van der Waals surface area contributed by atoms with Crippen LogP contribution in [0.4, 0.5) is 10.5 Å². The number of pyridine rings is 2. The van der Waals surface area contributed by atoms with E-state index in [2.05, 4.69) is 14.9 Å². The maximum atomic E-state index is 11.9. The number of amides is 3. The smallest absolute Gasteiger partial charge is 0.319 e. The number of nitrogens with two attached hydrogens (primary N) is 1. The van der Waals surface area contributed by atoms with Crippen LogP contribution in [0.15, 0.2) is 36.7 Å². The maximum Gasteiger partial charge on any atom is 0.319 e. The molecule has 0 radical (unpaired) electrons. The lowest BCUT2D eigenvalue weighted by Crippen LogP contribution is -2.47. The molecular formula is C20H26N6O2. The van der Waals surface area contributed by atoms with E-state index in [1.165, 1.54) is 4.90 Å². The molecule has 0 unspecified atom stereocenters. The van der Waals surface area contributed by atoms with Gasteiger partial charge in [-0.25, -0.2) is 4.79 Å². The molecule has 0 aliphatic carbocycles. The Morgan fingerprint density at radius 3 is 2.50 bits per heavy atom. The molecule has 1 aliphatic rings. The molecular weight excluding hydrogens is 356 g/mol. The quantitative estimate of drug-likeness (QED) is 0.846. The van der Waals surface area contributed by atoms with E-state index in [1.54, 1.807) is 19.3 Å². The minimum Gasteiger partial charge on any atom is -0.351 e. The summed E-state index contributed by atoms with van der Waals surface area (Å²) in [5, 5.41) is 0. The highest BCUT2D eigenvalue weighted by Crippen LogP contribution is 2.17. The summed E-state index contributed by atoms with van der Waals surface area (Å²) in [5.41, 5.74) is 8.97. The molecule has 0 bridgehead atoms.